The lowest BCUT2D eigenvalue weighted by atomic mass is 10.2. The fourth-order valence-electron chi connectivity index (χ4n) is 2.60. The number of hydrogen-bond donors (Lipinski definition) is 1. The first-order chi connectivity index (χ1) is 13.6. The fourth-order valence-corrected chi connectivity index (χ4v) is 3.67. The van der Waals surface area contributed by atoms with Crippen LogP contribution in [0.1, 0.15) is 5.56 Å². The lowest BCUT2D eigenvalue weighted by Gasteiger charge is -2.33. The number of sulfonamides is 1. The first-order valence-corrected chi connectivity index (χ1v) is 10.4. The van der Waals surface area contributed by atoms with E-state index in [-0.39, 0.29) is 23.7 Å². The maximum absolute atomic E-state index is 12.4. The van der Waals surface area contributed by atoms with Crippen molar-refractivity contribution in [2.45, 2.75) is 6.10 Å². The Bertz CT molecular complexity index is 1090. The van der Waals surface area contributed by atoms with E-state index < -0.39 is 27.0 Å². The highest BCUT2D eigenvalue weighted by Gasteiger charge is 2.35. The number of benzene rings is 2. The topological polar surface area (TPSA) is 131 Å². The first-order valence-electron chi connectivity index (χ1n) is 8.16. The van der Waals surface area contributed by atoms with Gasteiger partial charge in [0.15, 0.2) is 6.10 Å². The molecule has 152 valence electrons. The lowest BCUT2D eigenvalue weighted by Crippen LogP contribution is -2.49. The van der Waals surface area contributed by atoms with E-state index in [2.05, 4.69) is 10.5 Å². The van der Waals surface area contributed by atoms with Crippen molar-refractivity contribution in [3.05, 3.63) is 63.2 Å². The van der Waals surface area contributed by atoms with E-state index in [0.717, 1.165) is 10.6 Å². The monoisotopic (exact) mass is 438 g/mol. The summed E-state index contributed by atoms with van der Waals surface area (Å²) in [5, 5.41) is 14.8. The summed E-state index contributed by atoms with van der Waals surface area (Å²) in [7, 11) is -3.68. The summed E-state index contributed by atoms with van der Waals surface area (Å²) in [5.74, 6) is -0.456. The zero-order valence-electron chi connectivity index (χ0n) is 15.0. The molecule has 29 heavy (non-hydrogen) atoms. The fraction of sp³-hybridized carbons (Fsp3) is 0.176. The Hall–Kier alpha value is -3.18. The van der Waals surface area contributed by atoms with Crippen molar-refractivity contribution in [3.63, 3.8) is 0 Å². The predicted molar refractivity (Wildman–Crippen MR) is 107 cm³/mol. The molecule has 2 aromatic carbocycles. The van der Waals surface area contributed by atoms with Crippen molar-refractivity contribution in [2.24, 2.45) is 5.10 Å². The van der Waals surface area contributed by atoms with Crippen LogP contribution in [0.4, 0.5) is 11.4 Å². The van der Waals surface area contributed by atoms with Crippen LogP contribution in [0.15, 0.2) is 47.6 Å². The smallest absolute Gasteiger partial charge is 0.283 e. The van der Waals surface area contributed by atoms with E-state index in [0.29, 0.717) is 10.6 Å². The molecule has 1 atom stereocenters. The average molecular weight is 439 g/mol. The summed E-state index contributed by atoms with van der Waals surface area (Å²) >= 11 is 5.93. The Kier molecular flexibility index (Phi) is 5.71. The predicted octanol–water partition coefficient (Wildman–Crippen LogP) is 1.93. The van der Waals surface area contributed by atoms with Crippen molar-refractivity contribution in [2.75, 3.05) is 17.1 Å². The zero-order valence-corrected chi connectivity index (χ0v) is 16.6. The molecule has 1 heterocycles. The van der Waals surface area contributed by atoms with Gasteiger partial charge in [-0.1, -0.05) is 11.6 Å². The minimum absolute atomic E-state index is 0.0681. The van der Waals surface area contributed by atoms with Crippen LogP contribution in [0.3, 0.4) is 0 Å². The van der Waals surface area contributed by atoms with Crippen molar-refractivity contribution in [3.8, 4) is 5.75 Å². The molecule has 12 heteroatoms. The molecular weight excluding hydrogens is 424 g/mol. The highest BCUT2D eigenvalue weighted by Crippen LogP contribution is 2.37. The first kappa shape index (κ1) is 20.6. The molecule has 1 aliphatic rings. The summed E-state index contributed by atoms with van der Waals surface area (Å²) in [6.45, 7) is -0.245. The van der Waals surface area contributed by atoms with Gasteiger partial charge in [-0.2, -0.15) is 5.10 Å². The van der Waals surface area contributed by atoms with Gasteiger partial charge in [-0.25, -0.2) is 13.8 Å². The number of halogens is 1. The molecule has 0 bridgehead atoms. The molecule has 3 rings (SSSR count). The van der Waals surface area contributed by atoms with Gasteiger partial charge in [0.1, 0.15) is 5.75 Å². The second-order valence-electron chi connectivity index (χ2n) is 6.10. The van der Waals surface area contributed by atoms with Crippen molar-refractivity contribution >= 4 is 45.1 Å². The van der Waals surface area contributed by atoms with Gasteiger partial charge in [0.05, 0.1) is 29.6 Å². The number of hydrazone groups is 1. The van der Waals surface area contributed by atoms with Gasteiger partial charge in [-0.05, 0) is 35.9 Å². The third-order valence-electron chi connectivity index (χ3n) is 3.98. The number of anilines is 1. The molecule has 0 aliphatic carbocycles. The summed E-state index contributed by atoms with van der Waals surface area (Å²) in [4.78, 5) is 22.5. The van der Waals surface area contributed by atoms with Crippen molar-refractivity contribution < 1.29 is 22.9 Å². The molecule has 10 nitrogen and oxygen atoms in total. The quantitative estimate of drug-likeness (QED) is 0.431. The number of nitrogens with zero attached hydrogens (tertiary/aromatic N) is 3. The van der Waals surface area contributed by atoms with E-state index >= 15 is 0 Å². The number of carbonyl (C=O) groups excluding carboxylic acids is 1. The number of carbonyl (C=O) groups is 1. The molecule has 1 aliphatic heterocycles. The van der Waals surface area contributed by atoms with Crippen LogP contribution in [0, 0.1) is 10.1 Å². The van der Waals surface area contributed by atoms with Crippen LogP contribution < -0.4 is 14.5 Å². The lowest BCUT2D eigenvalue weighted by molar-refractivity contribution is -0.384. The molecule has 1 amide bonds. The Morgan fingerprint density at radius 2 is 2.03 bits per heavy atom. The third kappa shape index (κ3) is 4.81. The maximum atomic E-state index is 12.4. The van der Waals surface area contributed by atoms with Gasteiger partial charge in [-0.3, -0.25) is 19.2 Å². The van der Waals surface area contributed by atoms with Gasteiger partial charge in [-0.15, -0.1) is 0 Å². The van der Waals surface area contributed by atoms with Crippen LogP contribution in [-0.4, -0.2) is 44.4 Å². The molecule has 0 fully saturated rings. The maximum Gasteiger partial charge on any atom is 0.283 e. The summed E-state index contributed by atoms with van der Waals surface area (Å²) in [6, 6.07) is 9.99. The number of hydrogen-bond acceptors (Lipinski definition) is 7. The Balaban J connectivity index is 1.72. The summed E-state index contributed by atoms with van der Waals surface area (Å²) in [5.41, 5.74) is 2.98. The van der Waals surface area contributed by atoms with Crippen LogP contribution >= 0.6 is 11.6 Å². The minimum atomic E-state index is -3.68. The molecule has 1 unspecified atom stereocenters. The Labute approximate surface area is 170 Å². The molecule has 0 aromatic heterocycles. The standard InChI is InChI=1S/C17H15ClN4O6S/c1-29(26,27)21-10-16(28-15-7-4-12(18)8-14(15)21)17(23)20-19-9-11-2-5-13(6-3-11)22(24)25/h2-9,16H,10H2,1H3,(H,20,23)/b19-9+. The van der Waals surface area contributed by atoms with E-state index in [1.54, 1.807) is 0 Å². The van der Waals surface area contributed by atoms with Gasteiger partial charge < -0.3 is 4.74 Å². The normalized spacial score (nSPS) is 16.2. The summed E-state index contributed by atoms with van der Waals surface area (Å²) < 4.78 is 30.9. The second-order valence-corrected chi connectivity index (χ2v) is 8.44. The Morgan fingerprint density at radius 1 is 1.34 bits per heavy atom. The number of non-ortho nitro benzene ring substituents is 1. The van der Waals surface area contributed by atoms with Crippen molar-refractivity contribution in [1.82, 2.24) is 5.43 Å². The summed E-state index contributed by atoms with van der Waals surface area (Å²) in [6.07, 6.45) is 1.18. The van der Waals surface area contributed by atoms with Crippen molar-refractivity contribution in [1.29, 1.82) is 0 Å². The van der Waals surface area contributed by atoms with Gasteiger partial charge in [0, 0.05) is 17.2 Å². The number of nitro groups is 1. The SMILES string of the molecule is CS(=O)(=O)N1CC(C(=O)N/N=C/c2ccc([N+](=O)[O-])cc2)Oc2ccc(Cl)cc21. The van der Waals surface area contributed by atoms with Crippen LogP contribution in [0.2, 0.25) is 5.02 Å². The van der Waals surface area contributed by atoms with Gasteiger partial charge >= 0.3 is 0 Å². The number of amides is 1. The molecular formula is C17H15ClN4O6S. The largest absolute Gasteiger partial charge is 0.476 e. The van der Waals surface area contributed by atoms with E-state index in [1.165, 1.54) is 48.7 Å². The van der Waals surface area contributed by atoms with Crippen LogP contribution in [0.5, 0.6) is 5.75 Å². The van der Waals surface area contributed by atoms with Crippen LogP contribution in [-0.2, 0) is 14.8 Å². The van der Waals surface area contributed by atoms with Crippen LogP contribution in [0.25, 0.3) is 0 Å². The Morgan fingerprint density at radius 3 is 2.66 bits per heavy atom. The number of rotatable bonds is 5. The number of fused-ring (bicyclic) bond motifs is 1. The molecule has 0 saturated heterocycles. The van der Waals surface area contributed by atoms with E-state index in [1.807, 2.05) is 0 Å². The molecule has 0 spiro atoms. The zero-order chi connectivity index (χ0) is 21.2. The van der Waals surface area contributed by atoms with Gasteiger partial charge in [0.2, 0.25) is 10.0 Å². The van der Waals surface area contributed by atoms with E-state index in [4.69, 9.17) is 16.3 Å². The van der Waals surface area contributed by atoms with Gasteiger partial charge in [0.25, 0.3) is 11.6 Å². The number of nitro benzene ring substituents is 1. The molecule has 0 saturated carbocycles. The second kappa shape index (κ2) is 8.05. The molecule has 1 N–H and O–H groups in total. The number of nitrogens with one attached hydrogen (secondary N) is 1. The number of ether oxygens (including phenoxy) is 1. The third-order valence-corrected chi connectivity index (χ3v) is 5.36. The highest BCUT2D eigenvalue weighted by atomic mass is 35.5. The molecule has 2 aromatic rings. The van der Waals surface area contributed by atoms with E-state index in [9.17, 15) is 23.3 Å². The highest BCUT2D eigenvalue weighted by molar-refractivity contribution is 7.92. The average Bonchev–Trinajstić information content (AvgIpc) is 2.66. The molecule has 0 radical (unpaired) electrons. The minimum Gasteiger partial charge on any atom is -0.476 e.